The Morgan fingerprint density at radius 3 is 2.80 bits per heavy atom. The minimum absolute atomic E-state index is 0.137. The van der Waals surface area contributed by atoms with E-state index in [1.165, 1.54) is 5.56 Å². The molecule has 0 aromatic carbocycles. The lowest BCUT2D eigenvalue weighted by molar-refractivity contribution is 0.149. The largest absolute Gasteiger partial charge is 0.392 e. The van der Waals surface area contributed by atoms with Crippen molar-refractivity contribution in [1.29, 1.82) is 0 Å². The summed E-state index contributed by atoms with van der Waals surface area (Å²) >= 11 is 0. The van der Waals surface area contributed by atoms with Crippen LogP contribution in [0.4, 0.5) is 0 Å². The number of rotatable bonds is 4. The summed E-state index contributed by atoms with van der Waals surface area (Å²) < 4.78 is 0. The minimum atomic E-state index is -0.137. The number of nitrogens with one attached hydrogen (secondary N) is 1. The molecule has 1 fully saturated rings. The minimum Gasteiger partial charge on any atom is -0.392 e. The Hall–Kier alpha value is -0.930. The van der Waals surface area contributed by atoms with Gasteiger partial charge in [0.15, 0.2) is 0 Å². The van der Waals surface area contributed by atoms with Crippen molar-refractivity contribution in [3.8, 4) is 0 Å². The Kier molecular flexibility index (Phi) is 3.69. The fourth-order valence-electron chi connectivity index (χ4n) is 2.13. The van der Waals surface area contributed by atoms with E-state index in [0.717, 1.165) is 32.2 Å². The molecule has 0 unspecified atom stereocenters. The van der Waals surface area contributed by atoms with Gasteiger partial charge in [0, 0.05) is 18.4 Å². The first kappa shape index (κ1) is 10.6. The molecule has 2 rings (SSSR count). The van der Waals surface area contributed by atoms with Crippen LogP contribution in [0.3, 0.4) is 0 Å². The van der Waals surface area contributed by atoms with Crippen LogP contribution in [0.5, 0.6) is 0 Å². The zero-order valence-corrected chi connectivity index (χ0v) is 8.89. The quantitative estimate of drug-likeness (QED) is 0.776. The molecule has 1 aliphatic rings. The summed E-state index contributed by atoms with van der Waals surface area (Å²) in [6.45, 7) is 0.936. The van der Waals surface area contributed by atoms with Crippen molar-refractivity contribution in [3.05, 3.63) is 30.1 Å². The third kappa shape index (κ3) is 3.01. The van der Waals surface area contributed by atoms with Gasteiger partial charge < -0.3 is 10.4 Å². The lowest BCUT2D eigenvalue weighted by Crippen LogP contribution is -2.36. The Bertz CT molecular complexity index is 289. The molecular weight excluding hydrogens is 188 g/mol. The molecule has 0 bridgehead atoms. The van der Waals surface area contributed by atoms with E-state index in [-0.39, 0.29) is 6.10 Å². The van der Waals surface area contributed by atoms with Crippen LogP contribution in [0.25, 0.3) is 0 Å². The summed E-state index contributed by atoms with van der Waals surface area (Å²) in [6.07, 6.45) is 7.71. The number of hydrogen-bond acceptors (Lipinski definition) is 3. The summed E-state index contributed by atoms with van der Waals surface area (Å²) in [4.78, 5) is 3.98. The molecule has 82 valence electrons. The van der Waals surface area contributed by atoms with E-state index in [1.807, 2.05) is 24.5 Å². The van der Waals surface area contributed by atoms with E-state index < -0.39 is 0 Å². The molecule has 2 atom stereocenters. The van der Waals surface area contributed by atoms with Crippen LogP contribution in [-0.2, 0) is 6.42 Å². The molecule has 1 aromatic rings. The number of aliphatic hydroxyl groups is 1. The Morgan fingerprint density at radius 2 is 2.13 bits per heavy atom. The van der Waals surface area contributed by atoms with Gasteiger partial charge in [-0.25, -0.2) is 0 Å². The Morgan fingerprint density at radius 1 is 1.33 bits per heavy atom. The molecule has 0 saturated heterocycles. The highest BCUT2D eigenvalue weighted by Crippen LogP contribution is 2.18. The third-order valence-electron chi connectivity index (χ3n) is 3.05. The van der Waals surface area contributed by atoms with Gasteiger partial charge in [0.1, 0.15) is 0 Å². The summed E-state index contributed by atoms with van der Waals surface area (Å²) in [6, 6.07) is 4.38. The summed E-state index contributed by atoms with van der Waals surface area (Å²) in [5.74, 6) is 0. The van der Waals surface area contributed by atoms with Gasteiger partial charge in [0.25, 0.3) is 0 Å². The summed E-state index contributed by atoms with van der Waals surface area (Å²) in [5, 5.41) is 13.0. The van der Waals surface area contributed by atoms with Gasteiger partial charge in [-0.15, -0.1) is 0 Å². The first-order chi connectivity index (χ1) is 7.36. The number of aliphatic hydroxyl groups excluding tert-OH is 1. The molecule has 0 amide bonds. The van der Waals surface area contributed by atoms with Crippen molar-refractivity contribution in [2.75, 3.05) is 6.54 Å². The smallest absolute Gasteiger partial charge is 0.0693 e. The van der Waals surface area contributed by atoms with Crippen molar-refractivity contribution in [2.45, 2.75) is 37.8 Å². The van der Waals surface area contributed by atoms with Crippen LogP contribution < -0.4 is 5.32 Å². The fraction of sp³-hybridized carbons (Fsp3) is 0.583. The lowest BCUT2D eigenvalue weighted by atomic mass is 10.1. The van der Waals surface area contributed by atoms with E-state index in [4.69, 9.17) is 0 Å². The van der Waals surface area contributed by atoms with E-state index in [9.17, 15) is 5.11 Å². The van der Waals surface area contributed by atoms with Crippen molar-refractivity contribution in [2.24, 2.45) is 0 Å². The maximum absolute atomic E-state index is 9.61. The van der Waals surface area contributed by atoms with Gasteiger partial charge in [0.2, 0.25) is 0 Å². The predicted octanol–water partition coefficient (Wildman–Crippen LogP) is 1.13. The maximum Gasteiger partial charge on any atom is 0.0693 e. The number of hydrogen-bond donors (Lipinski definition) is 2. The zero-order chi connectivity index (χ0) is 10.5. The molecule has 3 heteroatoms. The standard InChI is InChI=1S/C12H18N2O/c15-12-3-1-2-11(12)14-9-6-10-4-7-13-8-5-10/h4-5,7-8,11-12,14-15H,1-3,6,9H2/t11-,12-/m0/s1. The highest BCUT2D eigenvalue weighted by molar-refractivity contribution is 5.09. The van der Waals surface area contributed by atoms with Crippen LogP contribution in [0.2, 0.25) is 0 Å². The number of pyridine rings is 1. The van der Waals surface area contributed by atoms with Crippen LogP contribution >= 0.6 is 0 Å². The molecule has 0 aliphatic heterocycles. The first-order valence-electron chi connectivity index (χ1n) is 5.66. The lowest BCUT2D eigenvalue weighted by Gasteiger charge is -2.16. The van der Waals surface area contributed by atoms with E-state index >= 15 is 0 Å². The molecule has 0 radical (unpaired) electrons. The average Bonchev–Trinajstić information content (AvgIpc) is 2.66. The number of nitrogens with zero attached hydrogens (tertiary/aromatic N) is 1. The third-order valence-corrected chi connectivity index (χ3v) is 3.05. The van der Waals surface area contributed by atoms with Gasteiger partial charge >= 0.3 is 0 Å². The van der Waals surface area contributed by atoms with Gasteiger partial charge in [-0.2, -0.15) is 0 Å². The maximum atomic E-state index is 9.61. The van der Waals surface area contributed by atoms with E-state index in [0.29, 0.717) is 6.04 Å². The topological polar surface area (TPSA) is 45.1 Å². The van der Waals surface area contributed by atoms with Crippen molar-refractivity contribution >= 4 is 0 Å². The molecule has 1 saturated carbocycles. The molecular formula is C12H18N2O. The zero-order valence-electron chi connectivity index (χ0n) is 8.89. The van der Waals surface area contributed by atoms with E-state index in [2.05, 4.69) is 10.3 Å². The van der Waals surface area contributed by atoms with Crippen LogP contribution in [0, 0.1) is 0 Å². The Labute approximate surface area is 90.5 Å². The monoisotopic (exact) mass is 206 g/mol. The Balaban J connectivity index is 1.71. The van der Waals surface area contributed by atoms with Crippen LogP contribution in [-0.4, -0.2) is 28.8 Å². The molecule has 1 aromatic heterocycles. The second kappa shape index (κ2) is 5.24. The fourth-order valence-corrected chi connectivity index (χ4v) is 2.13. The van der Waals surface area contributed by atoms with Gasteiger partial charge in [0.05, 0.1) is 6.10 Å². The SMILES string of the molecule is O[C@H]1CCC[C@@H]1NCCc1ccncc1. The van der Waals surface area contributed by atoms with Crippen molar-refractivity contribution < 1.29 is 5.11 Å². The normalized spacial score (nSPS) is 25.7. The highest BCUT2D eigenvalue weighted by atomic mass is 16.3. The average molecular weight is 206 g/mol. The second-order valence-electron chi connectivity index (χ2n) is 4.16. The molecule has 3 nitrogen and oxygen atoms in total. The number of aromatic nitrogens is 1. The van der Waals surface area contributed by atoms with Gasteiger partial charge in [-0.3, -0.25) is 4.98 Å². The van der Waals surface area contributed by atoms with Crippen LogP contribution in [0.15, 0.2) is 24.5 Å². The predicted molar refractivity (Wildman–Crippen MR) is 59.6 cm³/mol. The molecule has 15 heavy (non-hydrogen) atoms. The molecule has 0 spiro atoms. The summed E-state index contributed by atoms with van der Waals surface area (Å²) in [5.41, 5.74) is 1.30. The summed E-state index contributed by atoms with van der Waals surface area (Å²) in [7, 11) is 0. The van der Waals surface area contributed by atoms with Gasteiger partial charge in [-0.1, -0.05) is 0 Å². The molecule has 2 N–H and O–H groups in total. The molecule has 1 aliphatic carbocycles. The van der Waals surface area contributed by atoms with Crippen molar-refractivity contribution in [1.82, 2.24) is 10.3 Å². The first-order valence-corrected chi connectivity index (χ1v) is 5.66. The molecule has 1 heterocycles. The van der Waals surface area contributed by atoms with Gasteiger partial charge in [-0.05, 0) is 49.9 Å². The van der Waals surface area contributed by atoms with Crippen LogP contribution in [0.1, 0.15) is 24.8 Å². The highest BCUT2D eigenvalue weighted by Gasteiger charge is 2.23. The van der Waals surface area contributed by atoms with E-state index in [1.54, 1.807) is 0 Å². The van der Waals surface area contributed by atoms with Crippen molar-refractivity contribution in [3.63, 3.8) is 0 Å². The second-order valence-corrected chi connectivity index (χ2v) is 4.16.